The number of nitrogens with zero attached hydrogens (tertiary/aromatic N) is 4. The molecular weight excluding hydrogens is 331 g/mol. The molecule has 2 aromatic rings. The van der Waals surface area contributed by atoms with Crippen LogP contribution in [-0.2, 0) is 13.0 Å². The van der Waals surface area contributed by atoms with Crippen LogP contribution in [0.5, 0.6) is 0 Å². The fraction of sp³-hybridized carbons (Fsp3) is 0.500. The highest BCUT2D eigenvalue weighted by Gasteiger charge is 2.28. The van der Waals surface area contributed by atoms with Gasteiger partial charge in [-0.05, 0) is 38.4 Å². The minimum atomic E-state index is -0.277. The lowest BCUT2D eigenvalue weighted by molar-refractivity contribution is 0.0657. The van der Waals surface area contributed by atoms with Gasteiger partial charge in [0.05, 0.1) is 5.69 Å². The van der Waals surface area contributed by atoms with Crippen LogP contribution in [0.1, 0.15) is 35.4 Å². The number of aromatic nitrogens is 2. The normalized spacial score (nSPS) is 18.5. The Morgan fingerprint density at radius 2 is 1.88 bits per heavy atom. The van der Waals surface area contributed by atoms with Crippen LogP contribution in [-0.4, -0.2) is 58.5 Å². The molecule has 1 amide bonds. The zero-order chi connectivity index (χ0) is 18.1. The standard InChI is InChI=1S/C20H25FN4O/c1-23-10-12-24(13-11-23)20(26)18-17-8-3-2-4-9-25(17)19(22-18)15-6-5-7-16(21)14-15/h5-7,14H,2-4,8-13H2,1H3. The zero-order valence-corrected chi connectivity index (χ0v) is 15.2. The molecule has 5 nitrogen and oxygen atoms in total. The summed E-state index contributed by atoms with van der Waals surface area (Å²) in [5.74, 6) is 0.464. The van der Waals surface area contributed by atoms with Crippen molar-refractivity contribution in [1.29, 1.82) is 0 Å². The second-order valence-corrected chi connectivity index (χ2v) is 7.30. The highest BCUT2D eigenvalue weighted by Crippen LogP contribution is 2.28. The first-order valence-corrected chi connectivity index (χ1v) is 9.46. The molecule has 1 aromatic heterocycles. The SMILES string of the molecule is CN1CCN(C(=O)c2nc(-c3cccc(F)c3)n3c2CCCCC3)CC1. The summed E-state index contributed by atoms with van der Waals surface area (Å²) < 4.78 is 15.9. The molecule has 4 rings (SSSR count). The predicted molar refractivity (Wildman–Crippen MR) is 98.6 cm³/mol. The summed E-state index contributed by atoms with van der Waals surface area (Å²) in [4.78, 5) is 22.0. The molecule has 0 atom stereocenters. The average molecular weight is 356 g/mol. The van der Waals surface area contributed by atoms with Gasteiger partial charge < -0.3 is 14.4 Å². The molecule has 0 saturated carbocycles. The first-order chi connectivity index (χ1) is 12.6. The third kappa shape index (κ3) is 3.26. The molecule has 0 N–H and O–H groups in total. The zero-order valence-electron chi connectivity index (χ0n) is 15.2. The number of amides is 1. The molecule has 1 saturated heterocycles. The van der Waals surface area contributed by atoms with Crippen LogP contribution in [0.25, 0.3) is 11.4 Å². The van der Waals surface area contributed by atoms with Gasteiger partial charge in [0.1, 0.15) is 17.3 Å². The van der Waals surface area contributed by atoms with Crippen molar-refractivity contribution in [3.05, 3.63) is 41.5 Å². The number of likely N-dealkylation sites (N-methyl/N-ethyl adjacent to an activating group) is 1. The van der Waals surface area contributed by atoms with Gasteiger partial charge in [0, 0.05) is 38.3 Å². The Kier molecular flexibility index (Phi) is 4.76. The van der Waals surface area contributed by atoms with Crippen molar-refractivity contribution in [1.82, 2.24) is 19.4 Å². The van der Waals surface area contributed by atoms with E-state index in [-0.39, 0.29) is 11.7 Å². The van der Waals surface area contributed by atoms with E-state index in [2.05, 4.69) is 16.5 Å². The number of benzene rings is 1. The lowest BCUT2D eigenvalue weighted by atomic mass is 10.1. The molecule has 6 heteroatoms. The first-order valence-electron chi connectivity index (χ1n) is 9.46. The molecule has 26 heavy (non-hydrogen) atoms. The predicted octanol–water partition coefficient (Wildman–Crippen LogP) is 2.80. The summed E-state index contributed by atoms with van der Waals surface area (Å²) in [5, 5.41) is 0. The molecule has 0 bridgehead atoms. The van der Waals surface area contributed by atoms with Gasteiger partial charge >= 0.3 is 0 Å². The van der Waals surface area contributed by atoms with E-state index in [0.717, 1.165) is 75.5 Å². The topological polar surface area (TPSA) is 41.4 Å². The Hall–Kier alpha value is -2.21. The molecule has 0 radical (unpaired) electrons. The van der Waals surface area contributed by atoms with Crippen molar-refractivity contribution in [3.8, 4) is 11.4 Å². The summed E-state index contributed by atoms with van der Waals surface area (Å²) in [7, 11) is 2.08. The first kappa shape index (κ1) is 17.2. The van der Waals surface area contributed by atoms with E-state index in [1.807, 2.05) is 11.0 Å². The van der Waals surface area contributed by atoms with Gasteiger partial charge in [-0.25, -0.2) is 9.37 Å². The van der Waals surface area contributed by atoms with Crippen molar-refractivity contribution in [2.45, 2.75) is 32.2 Å². The largest absolute Gasteiger partial charge is 0.335 e. The van der Waals surface area contributed by atoms with Gasteiger partial charge in [0.15, 0.2) is 0 Å². The smallest absolute Gasteiger partial charge is 0.274 e. The fourth-order valence-corrected chi connectivity index (χ4v) is 3.90. The Morgan fingerprint density at radius 3 is 2.65 bits per heavy atom. The summed E-state index contributed by atoms with van der Waals surface area (Å²) in [6, 6.07) is 6.51. The van der Waals surface area contributed by atoms with E-state index >= 15 is 0 Å². The number of carbonyl (C=O) groups excluding carboxylic acids is 1. The fourth-order valence-electron chi connectivity index (χ4n) is 3.90. The maximum absolute atomic E-state index is 13.7. The van der Waals surface area contributed by atoms with Crippen LogP contribution in [0.15, 0.2) is 24.3 Å². The number of fused-ring (bicyclic) bond motifs is 1. The second-order valence-electron chi connectivity index (χ2n) is 7.30. The molecule has 2 aliphatic rings. The van der Waals surface area contributed by atoms with Crippen molar-refractivity contribution >= 4 is 5.91 Å². The number of halogens is 1. The lowest BCUT2D eigenvalue weighted by Gasteiger charge is -2.32. The molecule has 138 valence electrons. The van der Waals surface area contributed by atoms with Crippen LogP contribution >= 0.6 is 0 Å². The third-order valence-electron chi connectivity index (χ3n) is 5.44. The van der Waals surface area contributed by atoms with Gasteiger partial charge in [-0.2, -0.15) is 0 Å². The average Bonchev–Trinajstić information content (AvgIpc) is 2.83. The molecule has 2 aliphatic heterocycles. The van der Waals surface area contributed by atoms with Crippen molar-refractivity contribution in [2.75, 3.05) is 33.2 Å². The Balaban J connectivity index is 1.74. The molecule has 3 heterocycles. The maximum atomic E-state index is 13.7. The third-order valence-corrected chi connectivity index (χ3v) is 5.44. The second kappa shape index (κ2) is 7.19. The van der Waals surface area contributed by atoms with Gasteiger partial charge in [0.25, 0.3) is 5.91 Å². The van der Waals surface area contributed by atoms with E-state index < -0.39 is 0 Å². The van der Waals surface area contributed by atoms with Crippen LogP contribution in [0.2, 0.25) is 0 Å². The summed E-state index contributed by atoms with van der Waals surface area (Å²) >= 11 is 0. The lowest BCUT2D eigenvalue weighted by Crippen LogP contribution is -2.47. The Bertz CT molecular complexity index is 808. The monoisotopic (exact) mass is 356 g/mol. The van der Waals surface area contributed by atoms with Crippen molar-refractivity contribution < 1.29 is 9.18 Å². The van der Waals surface area contributed by atoms with Gasteiger partial charge in [-0.15, -0.1) is 0 Å². The van der Waals surface area contributed by atoms with E-state index in [0.29, 0.717) is 5.69 Å². The van der Waals surface area contributed by atoms with Crippen LogP contribution in [0, 0.1) is 5.82 Å². The Labute approximate surface area is 153 Å². The molecule has 0 spiro atoms. The van der Waals surface area contributed by atoms with Gasteiger partial charge in [-0.1, -0.05) is 18.6 Å². The van der Waals surface area contributed by atoms with Crippen LogP contribution in [0.4, 0.5) is 4.39 Å². The minimum Gasteiger partial charge on any atom is -0.335 e. The molecule has 0 aliphatic carbocycles. The van der Waals surface area contributed by atoms with Gasteiger partial charge in [0.2, 0.25) is 0 Å². The Morgan fingerprint density at radius 1 is 1.08 bits per heavy atom. The van der Waals surface area contributed by atoms with E-state index in [1.165, 1.54) is 12.1 Å². The summed E-state index contributed by atoms with van der Waals surface area (Å²) in [6.45, 7) is 4.08. The van der Waals surface area contributed by atoms with E-state index in [1.54, 1.807) is 6.07 Å². The van der Waals surface area contributed by atoms with Crippen LogP contribution in [0.3, 0.4) is 0 Å². The molecular formula is C20H25FN4O. The van der Waals surface area contributed by atoms with Crippen molar-refractivity contribution in [2.24, 2.45) is 0 Å². The number of hydrogen-bond donors (Lipinski definition) is 0. The summed E-state index contributed by atoms with van der Waals surface area (Å²) in [6.07, 6.45) is 4.13. The van der Waals surface area contributed by atoms with Crippen LogP contribution < -0.4 is 0 Å². The number of rotatable bonds is 2. The number of imidazole rings is 1. The van der Waals surface area contributed by atoms with Gasteiger partial charge in [-0.3, -0.25) is 4.79 Å². The molecule has 1 fully saturated rings. The molecule has 1 aromatic carbocycles. The van der Waals surface area contributed by atoms with Crippen molar-refractivity contribution in [3.63, 3.8) is 0 Å². The molecule has 0 unspecified atom stereocenters. The number of hydrogen-bond acceptors (Lipinski definition) is 3. The summed E-state index contributed by atoms with van der Waals surface area (Å²) in [5.41, 5.74) is 2.33. The maximum Gasteiger partial charge on any atom is 0.274 e. The highest BCUT2D eigenvalue weighted by atomic mass is 19.1. The quantitative estimate of drug-likeness (QED) is 0.831. The number of piperazine rings is 1. The number of carbonyl (C=O) groups is 1. The highest BCUT2D eigenvalue weighted by molar-refractivity contribution is 5.94. The van der Waals surface area contributed by atoms with E-state index in [9.17, 15) is 9.18 Å². The van der Waals surface area contributed by atoms with E-state index in [4.69, 9.17) is 4.98 Å². The minimum absolute atomic E-state index is 0.0198.